The monoisotopic (exact) mass is 714 g/mol. The molecule has 0 bridgehead atoms. The Kier molecular flexibility index (Phi) is 7.52. The number of pyridine rings is 3. The zero-order valence-electron chi connectivity index (χ0n) is 30.5. The largest absolute Gasteiger partial charge is 0.309 e. The van der Waals surface area contributed by atoms with Gasteiger partial charge in [-0.1, -0.05) is 97.1 Å². The summed E-state index contributed by atoms with van der Waals surface area (Å²) in [5.74, 6) is 0. The van der Waals surface area contributed by atoms with Crippen molar-refractivity contribution in [2.24, 2.45) is 0 Å². The Morgan fingerprint density at radius 3 is 1.50 bits per heavy atom. The zero-order chi connectivity index (χ0) is 37.0. The minimum atomic E-state index is 0.934. The molecule has 4 nitrogen and oxygen atoms in total. The molecule has 4 heteroatoms. The topological polar surface area (TPSA) is 43.6 Å². The molecule has 11 rings (SSSR count). The van der Waals surface area contributed by atoms with E-state index in [4.69, 9.17) is 9.97 Å². The number of nitrogens with zero attached hydrogens (tertiary/aromatic N) is 4. The highest BCUT2D eigenvalue weighted by Gasteiger charge is 2.22. The van der Waals surface area contributed by atoms with Crippen molar-refractivity contribution in [2.75, 3.05) is 0 Å². The molecular formula is C52H34N4. The molecule has 0 N–H and O–H groups in total. The summed E-state index contributed by atoms with van der Waals surface area (Å²) in [6.45, 7) is 0. The van der Waals surface area contributed by atoms with Crippen LogP contribution in [0.1, 0.15) is 11.1 Å². The molecule has 0 saturated carbocycles. The van der Waals surface area contributed by atoms with Crippen LogP contribution < -0.4 is 0 Å². The van der Waals surface area contributed by atoms with E-state index < -0.39 is 0 Å². The van der Waals surface area contributed by atoms with Gasteiger partial charge in [0.25, 0.3) is 0 Å². The summed E-state index contributed by atoms with van der Waals surface area (Å²) >= 11 is 0. The molecule has 1 aliphatic carbocycles. The fourth-order valence-electron chi connectivity index (χ4n) is 8.61. The van der Waals surface area contributed by atoms with Gasteiger partial charge in [0.2, 0.25) is 0 Å². The summed E-state index contributed by atoms with van der Waals surface area (Å²) in [6, 6.07) is 61.2. The normalized spacial score (nSPS) is 11.9. The summed E-state index contributed by atoms with van der Waals surface area (Å²) in [5, 5.41) is 2.40. The van der Waals surface area contributed by atoms with Crippen molar-refractivity contribution >= 4 is 21.8 Å². The molecule has 6 aromatic carbocycles. The maximum Gasteiger partial charge on any atom is 0.0708 e. The van der Waals surface area contributed by atoms with Crippen molar-refractivity contribution in [1.82, 2.24) is 19.5 Å². The van der Waals surface area contributed by atoms with E-state index in [1.54, 1.807) is 0 Å². The Morgan fingerprint density at radius 2 is 0.929 bits per heavy atom. The van der Waals surface area contributed by atoms with E-state index in [1.807, 2.05) is 43.0 Å². The molecule has 0 saturated heterocycles. The molecule has 4 heterocycles. The molecule has 0 spiro atoms. The van der Waals surface area contributed by atoms with Gasteiger partial charge < -0.3 is 4.57 Å². The van der Waals surface area contributed by atoms with Gasteiger partial charge >= 0.3 is 0 Å². The van der Waals surface area contributed by atoms with E-state index in [1.165, 1.54) is 38.6 Å². The first-order valence-corrected chi connectivity index (χ1v) is 19.0. The van der Waals surface area contributed by atoms with Crippen LogP contribution in [0, 0.1) is 0 Å². The summed E-state index contributed by atoms with van der Waals surface area (Å²) in [7, 11) is 0. The number of aromatic nitrogens is 4. The maximum atomic E-state index is 4.72. The summed E-state index contributed by atoms with van der Waals surface area (Å²) < 4.78 is 2.44. The number of fused-ring (bicyclic) bond motifs is 6. The van der Waals surface area contributed by atoms with Gasteiger partial charge in [0.15, 0.2) is 0 Å². The molecule has 1 aliphatic rings. The van der Waals surface area contributed by atoms with E-state index in [-0.39, 0.29) is 0 Å². The van der Waals surface area contributed by atoms with Gasteiger partial charge in [0, 0.05) is 57.9 Å². The third-order valence-electron chi connectivity index (χ3n) is 11.3. The van der Waals surface area contributed by atoms with Gasteiger partial charge in [-0.3, -0.25) is 15.0 Å². The van der Waals surface area contributed by atoms with E-state index in [0.29, 0.717) is 0 Å². The van der Waals surface area contributed by atoms with Gasteiger partial charge in [-0.2, -0.15) is 0 Å². The Balaban J connectivity index is 1.12. The van der Waals surface area contributed by atoms with Gasteiger partial charge in [0.05, 0.1) is 22.4 Å². The van der Waals surface area contributed by atoms with Crippen LogP contribution in [0.15, 0.2) is 195 Å². The average Bonchev–Trinajstić information content (AvgIpc) is 3.81. The molecule has 262 valence electrons. The van der Waals surface area contributed by atoms with E-state index >= 15 is 0 Å². The van der Waals surface area contributed by atoms with Crippen molar-refractivity contribution < 1.29 is 0 Å². The van der Waals surface area contributed by atoms with Crippen LogP contribution in [0.5, 0.6) is 0 Å². The molecule has 0 fully saturated rings. The Hall–Kier alpha value is -7.43. The van der Waals surface area contributed by atoms with Crippen LogP contribution in [-0.2, 0) is 6.42 Å². The SMILES string of the molecule is c1ccc(-c2ccccc2-c2ccc3c(c2)c2cc(-c4ccccc4-c4ccccn4)ccc2n3-c2ccc3c(c2)-c2cc(-c4cccnc4)ccc2C3)nc1. The minimum Gasteiger partial charge on any atom is -0.309 e. The maximum absolute atomic E-state index is 4.72. The number of rotatable bonds is 6. The molecule has 10 aromatic rings. The van der Waals surface area contributed by atoms with Crippen LogP contribution in [0.3, 0.4) is 0 Å². The van der Waals surface area contributed by atoms with Gasteiger partial charge in [-0.05, 0) is 129 Å². The Bertz CT molecular complexity index is 2950. The number of hydrogen-bond donors (Lipinski definition) is 0. The molecule has 0 atom stereocenters. The predicted molar refractivity (Wildman–Crippen MR) is 230 cm³/mol. The van der Waals surface area contributed by atoms with Crippen molar-refractivity contribution in [3.63, 3.8) is 0 Å². The Morgan fingerprint density at radius 1 is 0.375 bits per heavy atom. The summed E-state index contributed by atoms with van der Waals surface area (Å²) in [6.07, 6.45) is 8.43. The van der Waals surface area contributed by atoms with Crippen molar-refractivity contribution in [1.29, 1.82) is 0 Å². The van der Waals surface area contributed by atoms with Crippen molar-refractivity contribution in [3.8, 4) is 72.7 Å². The van der Waals surface area contributed by atoms with Crippen LogP contribution in [-0.4, -0.2) is 19.5 Å². The average molecular weight is 715 g/mol. The summed E-state index contributed by atoms with van der Waals surface area (Å²) in [4.78, 5) is 13.8. The zero-order valence-corrected chi connectivity index (χ0v) is 30.5. The van der Waals surface area contributed by atoms with Crippen molar-refractivity contribution in [3.05, 3.63) is 206 Å². The molecular weight excluding hydrogens is 681 g/mol. The third kappa shape index (κ3) is 5.34. The van der Waals surface area contributed by atoms with Crippen molar-refractivity contribution in [2.45, 2.75) is 6.42 Å². The molecule has 0 amide bonds. The highest BCUT2D eigenvalue weighted by atomic mass is 15.0. The second-order valence-electron chi connectivity index (χ2n) is 14.5. The molecule has 0 aliphatic heterocycles. The van der Waals surface area contributed by atoms with Crippen LogP contribution in [0.4, 0.5) is 0 Å². The number of hydrogen-bond acceptors (Lipinski definition) is 3. The lowest BCUT2D eigenvalue weighted by Gasteiger charge is -2.13. The van der Waals surface area contributed by atoms with E-state index in [9.17, 15) is 0 Å². The molecule has 4 aromatic heterocycles. The van der Waals surface area contributed by atoms with Gasteiger partial charge in [-0.15, -0.1) is 0 Å². The van der Waals surface area contributed by atoms with Crippen LogP contribution >= 0.6 is 0 Å². The Labute approximate surface area is 325 Å². The fraction of sp³-hybridized carbons (Fsp3) is 0.0192. The summed E-state index contributed by atoms with van der Waals surface area (Å²) in [5.41, 5.74) is 19.9. The van der Waals surface area contributed by atoms with Gasteiger partial charge in [0.1, 0.15) is 0 Å². The first-order chi connectivity index (χ1) is 27.8. The minimum absolute atomic E-state index is 0.934. The van der Waals surface area contributed by atoms with Gasteiger partial charge in [-0.25, -0.2) is 0 Å². The molecule has 56 heavy (non-hydrogen) atoms. The highest BCUT2D eigenvalue weighted by molar-refractivity contribution is 6.12. The lowest BCUT2D eigenvalue weighted by Crippen LogP contribution is -1.95. The standard InChI is InChI=1S/C52H34N4/c1-3-13-43(49-15-5-7-26-54-49)41(11-1)37-20-23-51-47(30-37)48-31-38(42-12-2-4-14-44(42)50-16-6-8-27-55-50)21-24-52(48)56(51)40-22-19-36-28-35-18-17-34(29-45(35)46(36)32-40)39-10-9-25-53-33-39/h1-27,29-33H,28H2. The lowest BCUT2D eigenvalue weighted by atomic mass is 9.94. The predicted octanol–water partition coefficient (Wildman–Crippen LogP) is 12.9. The van der Waals surface area contributed by atoms with E-state index in [0.717, 1.165) is 73.5 Å². The van der Waals surface area contributed by atoms with Crippen LogP contribution in [0.25, 0.3) is 94.5 Å². The second kappa shape index (κ2) is 13.2. The first kappa shape index (κ1) is 32.0. The smallest absolute Gasteiger partial charge is 0.0708 e. The highest BCUT2D eigenvalue weighted by Crippen LogP contribution is 2.43. The second-order valence-corrected chi connectivity index (χ2v) is 14.5. The number of benzene rings is 6. The third-order valence-corrected chi connectivity index (χ3v) is 11.3. The quantitative estimate of drug-likeness (QED) is 0.172. The van der Waals surface area contributed by atoms with Crippen LogP contribution in [0.2, 0.25) is 0 Å². The molecule has 0 radical (unpaired) electrons. The van der Waals surface area contributed by atoms with E-state index in [2.05, 4.69) is 161 Å². The fourth-order valence-corrected chi connectivity index (χ4v) is 8.61. The molecule has 0 unspecified atom stereocenters. The lowest BCUT2D eigenvalue weighted by molar-refractivity contribution is 1.17. The first-order valence-electron chi connectivity index (χ1n) is 19.0.